The van der Waals surface area contributed by atoms with Crippen LogP contribution in [0.2, 0.25) is 0 Å². The Morgan fingerprint density at radius 2 is 2.07 bits per heavy atom. The van der Waals surface area contributed by atoms with Crippen molar-refractivity contribution in [2.24, 2.45) is 0 Å². The van der Waals surface area contributed by atoms with E-state index in [4.69, 9.17) is 4.74 Å². The summed E-state index contributed by atoms with van der Waals surface area (Å²) in [5.74, 6) is -0.367. The lowest BCUT2D eigenvalue weighted by atomic mass is 10.1. The number of hydrogen-bond donors (Lipinski definition) is 2. The minimum Gasteiger partial charge on any atom is -0.493 e. The molecule has 1 amide bonds. The molecule has 6 nitrogen and oxygen atoms in total. The third kappa shape index (κ3) is 7.54. The Labute approximate surface area is 172 Å². The van der Waals surface area contributed by atoms with Crippen LogP contribution in [0.25, 0.3) is 0 Å². The summed E-state index contributed by atoms with van der Waals surface area (Å²) in [5.41, 5.74) is 2.74. The second kappa shape index (κ2) is 10.4. The van der Waals surface area contributed by atoms with Gasteiger partial charge < -0.3 is 10.1 Å². The van der Waals surface area contributed by atoms with Gasteiger partial charge in [0.15, 0.2) is 5.13 Å². The first-order chi connectivity index (χ1) is 13.7. The van der Waals surface area contributed by atoms with Crippen LogP contribution in [0.4, 0.5) is 24.0 Å². The Morgan fingerprint density at radius 1 is 1.31 bits per heavy atom. The molecule has 1 aromatic heterocycles. The van der Waals surface area contributed by atoms with E-state index in [0.717, 1.165) is 18.9 Å². The summed E-state index contributed by atoms with van der Waals surface area (Å²) in [4.78, 5) is 15.4. The van der Waals surface area contributed by atoms with Crippen molar-refractivity contribution in [2.75, 3.05) is 19.0 Å². The van der Waals surface area contributed by atoms with Crippen molar-refractivity contribution in [1.29, 1.82) is 0 Å². The van der Waals surface area contributed by atoms with Gasteiger partial charge in [0.05, 0.1) is 24.4 Å². The van der Waals surface area contributed by atoms with Gasteiger partial charge in [-0.25, -0.2) is 9.99 Å². The predicted molar refractivity (Wildman–Crippen MR) is 107 cm³/mol. The number of rotatable bonds is 10. The number of thiazole rings is 1. The van der Waals surface area contributed by atoms with Gasteiger partial charge in [-0.3, -0.25) is 10.2 Å². The molecule has 0 radical (unpaired) electrons. The number of benzene rings is 1. The van der Waals surface area contributed by atoms with Crippen LogP contribution in [-0.4, -0.2) is 29.6 Å². The lowest BCUT2D eigenvalue weighted by Gasteiger charge is -2.16. The number of nitrogens with zero attached hydrogens (tertiary/aromatic N) is 2. The average Bonchev–Trinajstić information content (AvgIpc) is 3.04. The SMILES string of the molecule is CCCCCOc1ccc(Nc2nc(CN(C)NC(C)=O)cs2)cc1C(F)(F)F. The zero-order chi connectivity index (χ0) is 21.4. The van der Waals surface area contributed by atoms with E-state index in [1.165, 1.54) is 30.4 Å². The van der Waals surface area contributed by atoms with Crippen molar-refractivity contribution in [1.82, 2.24) is 15.4 Å². The fourth-order valence-electron chi connectivity index (χ4n) is 2.60. The van der Waals surface area contributed by atoms with Crippen molar-refractivity contribution in [3.63, 3.8) is 0 Å². The standard InChI is InChI=1S/C19H25F3N4O2S/c1-4-5-6-9-28-17-8-7-14(10-16(17)19(20,21)22)23-18-24-15(12-29-18)11-26(3)25-13(2)27/h7-8,10,12H,4-6,9,11H2,1-3H3,(H,23,24)(H,25,27). The molecule has 2 aromatic rings. The number of hydrazine groups is 1. The number of halogens is 3. The number of alkyl halides is 3. The maximum atomic E-state index is 13.4. The maximum absolute atomic E-state index is 13.4. The van der Waals surface area contributed by atoms with Gasteiger partial charge in [0.25, 0.3) is 0 Å². The highest BCUT2D eigenvalue weighted by atomic mass is 32.1. The number of nitrogens with one attached hydrogen (secondary N) is 2. The summed E-state index contributed by atoms with van der Waals surface area (Å²) in [6.07, 6.45) is -1.94. The Morgan fingerprint density at radius 3 is 2.72 bits per heavy atom. The number of ether oxygens (including phenoxy) is 1. The van der Waals surface area contributed by atoms with Gasteiger partial charge in [-0.05, 0) is 24.6 Å². The van der Waals surface area contributed by atoms with Crippen molar-refractivity contribution in [3.05, 3.63) is 34.8 Å². The van der Waals surface area contributed by atoms with E-state index in [-0.39, 0.29) is 24.0 Å². The summed E-state index contributed by atoms with van der Waals surface area (Å²) in [5, 5.41) is 6.71. The van der Waals surface area contributed by atoms with Crippen LogP contribution >= 0.6 is 11.3 Å². The molecule has 0 fully saturated rings. The molecular weight excluding hydrogens is 405 g/mol. The lowest BCUT2D eigenvalue weighted by molar-refractivity contribution is -0.139. The topological polar surface area (TPSA) is 66.5 Å². The maximum Gasteiger partial charge on any atom is 0.420 e. The van der Waals surface area contributed by atoms with Gasteiger partial charge >= 0.3 is 6.18 Å². The largest absolute Gasteiger partial charge is 0.493 e. The summed E-state index contributed by atoms with van der Waals surface area (Å²) >= 11 is 1.27. The highest BCUT2D eigenvalue weighted by Crippen LogP contribution is 2.38. The Balaban J connectivity index is 2.08. The third-order valence-corrected chi connectivity index (χ3v) is 4.65. The first kappa shape index (κ1) is 23.0. The van der Waals surface area contributed by atoms with Gasteiger partial charge in [-0.2, -0.15) is 13.2 Å². The fraction of sp³-hybridized carbons (Fsp3) is 0.474. The number of carbonyl (C=O) groups is 1. The van der Waals surface area contributed by atoms with Crippen LogP contribution in [0.1, 0.15) is 44.4 Å². The number of unbranched alkanes of at least 4 members (excludes halogenated alkanes) is 2. The smallest absolute Gasteiger partial charge is 0.420 e. The van der Waals surface area contributed by atoms with E-state index in [9.17, 15) is 18.0 Å². The molecule has 0 saturated heterocycles. The van der Waals surface area contributed by atoms with Crippen LogP contribution in [-0.2, 0) is 17.5 Å². The van der Waals surface area contributed by atoms with Crippen LogP contribution in [0.5, 0.6) is 5.75 Å². The van der Waals surface area contributed by atoms with Crippen molar-refractivity contribution >= 4 is 28.1 Å². The third-order valence-electron chi connectivity index (χ3n) is 3.84. The predicted octanol–water partition coefficient (Wildman–Crippen LogP) is 4.96. The van der Waals surface area contributed by atoms with Gasteiger partial charge in [0.1, 0.15) is 5.75 Å². The molecule has 1 heterocycles. The monoisotopic (exact) mass is 430 g/mol. The van der Waals surface area contributed by atoms with Crippen LogP contribution in [0, 0.1) is 0 Å². The van der Waals surface area contributed by atoms with Gasteiger partial charge in [-0.15, -0.1) is 11.3 Å². The second-order valence-corrected chi connectivity index (χ2v) is 7.42. The quantitative estimate of drug-likeness (QED) is 0.412. The Kier molecular flexibility index (Phi) is 8.27. The van der Waals surface area contributed by atoms with Gasteiger partial charge in [0, 0.05) is 25.0 Å². The number of aromatic nitrogens is 1. The molecule has 0 aliphatic rings. The number of hydrogen-bond acceptors (Lipinski definition) is 6. The van der Waals surface area contributed by atoms with Gasteiger partial charge in [-0.1, -0.05) is 19.8 Å². The second-order valence-electron chi connectivity index (χ2n) is 6.56. The molecule has 0 aliphatic carbocycles. The molecule has 160 valence electrons. The van der Waals surface area contributed by atoms with Crippen LogP contribution in [0.15, 0.2) is 23.6 Å². The molecule has 2 rings (SSSR count). The van der Waals surface area contributed by atoms with E-state index < -0.39 is 11.7 Å². The van der Waals surface area contributed by atoms with Gasteiger partial charge in [0.2, 0.25) is 5.91 Å². The lowest BCUT2D eigenvalue weighted by Crippen LogP contribution is -2.37. The molecular formula is C19H25F3N4O2S. The first-order valence-corrected chi connectivity index (χ1v) is 10.1. The van der Waals surface area contributed by atoms with Crippen molar-refractivity contribution in [2.45, 2.75) is 45.8 Å². The zero-order valence-electron chi connectivity index (χ0n) is 16.6. The van der Waals surface area contributed by atoms with E-state index >= 15 is 0 Å². The van der Waals surface area contributed by atoms with E-state index in [1.54, 1.807) is 17.4 Å². The van der Waals surface area contributed by atoms with Crippen molar-refractivity contribution < 1.29 is 22.7 Å². The molecule has 29 heavy (non-hydrogen) atoms. The summed E-state index contributed by atoms with van der Waals surface area (Å²) in [6, 6.07) is 3.89. The number of carbonyl (C=O) groups excluding carboxylic acids is 1. The van der Waals surface area contributed by atoms with E-state index in [2.05, 4.69) is 15.7 Å². The minimum absolute atomic E-state index is 0.170. The minimum atomic E-state index is -4.52. The molecule has 0 atom stereocenters. The van der Waals surface area contributed by atoms with Crippen LogP contribution in [0.3, 0.4) is 0 Å². The zero-order valence-corrected chi connectivity index (χ0v) is 17.4. The summed E-state index contributed by atoms with van der Waals surface area (Å²) < 4.78 is 45.7. The highest BCUT2D eigenvalue weighted by Gasteiger charge is 2.34. The molecule has 1 aromatic carbocycles. The average molecular weight is 430 g/mol. The fourth-order valence-corrected chi connectivity index (χ4v) is 3.32. The molecule has 0 bridgehead atoms. The summed E-state index contributed by atoms with van der Waals surface area (Å²) in [6.45, 7) is 4.04. The normalized spacial score (nSPS) is 11.6. The highest BCUT2D eigenvalue weighted by molar-refractivity contribution is 7.13. The first-order valence-electron chi connectivity index (χ1n) is 9.23. The number of amides is 1. The van der Waals surface area contributed by atoms with Crippen LogP contribution < -0.4 is 15.5 Å². The summed E-state index contributed by atoms with van der Waals surface area (Å²) in [7, 11) is 1.70. The number of anilines is 2. The van der Waals surface area contributed by atoms with E-state index in [1.807, 2.05) is 6.92 Å². The Bertz CT molecular complexity index is 811. The molecule has 2 N–H and O–H groups in total. The van der Waals surface area contributed by atoms with E-state index in [0.29, 0.717) is 23.8 Å². The van der Waals surface area contributed by atoms with Crippen molar-refractivity contribution in [3.8, 4) is 5.75 Å². The molecule has 0 unspecified atom stereocenters. The molecule has 0 spiro atoms. The molecule has 10 heteroatoms. The molecule has 0 saturated carbocycles. The Hall–Kier alpha value is -2.33. The molecule has 0 aliphatic heterocycles.